The number of nitrogens with one attached hydrogen (secondary N) is 1. The maximum atomic E-state index is 12.7. The third kappa shape index (κ3) is 3.83. The average Bonchev–Trinajstić information content (AvgIpc) is 3.53. The molecule has 0 bridgehead atoms. The van der Waals surface area contributed by atoms with Gasteiger partial charge in [0.05, 0.1) is 20.8 Å². The van der Waals surface area contributed by atoms with Crippen molar-refractivity contribution in [3.63, 3.8) is 0 Å². The molecule has 0 saturated heterocycles. The summed E-state index contributed by atoms with van der Waals surface area (Å²) in [5.41, 5.74) is 1.28. The van der Waals surface area contributed by atoms with Crippen molar-refractivity contribution in [2.75, 3.05) is 5.32 Å². The number of aryl methyl sites for hydroxylation is 1. The largest absolute Gasteiger partial charge is 0.300 e. The molecule has 9 heteroatoms. The van der Waals surface area contributed by atoms with E-state index in [0.29, 0.717) is 16.2 Å². The summed E-state index contributed by atoms with van der Waals surface area (Å²) >= 11 is 4.67. The topological polar surface area (TPSA) is 76.9 Å². The van der Waals surface area contributed by atoms with Crippen LogP contribution in [-0.2, 0) is 11.3 Å². The maximum absolute atomic E-state index is 12.7. The summed E-state index contributed by atoms with van der Waals surface area (Å²) in [4.78, 5) is 33.3. The summed E-state index contributed by atoms with van der Waals surface area (Å²) in [5.74, 6) is -0.339. The van der Waals surface area contributed by atoms with Gasteiger partial charge in [-0.25, -0.2) is 9.67 Å². The van der Waals surface area contributed by atoms with E-state index in [0.717, 1.165) is 25.7 Å². The lowest BCUT2D eigenvalue weighted by Gasteiger charge is -2.08. The number of benzene rings is 1. The lowest BCUT2D eigenvalue weighted by molar-refractivity contribution is -0.117. The molecule has 0 spiro atoms. The van der Waals surface area contributed by atoms with E-state index in [1.807, 2.05) is 54.1 Å². The molecule has 4 heterocycles. The Hall–Kier alpha value is -3.14. The smallest absolute Gasteiger partial charge is 0.275 e. The third-order valence-corrected chi connectivity index (χ3v) is 7.62. The van der Waals surface area contributed by atoms with Crippen LogP contribution in [0.2, 0.25) is 0 Å². The fourth-order valence-corrected chi connectivity index (χ4v) is 5.97. The molecule has 0 saturated carbocycles. The third-order valence-electron chi connectivity index (χ3n) is 4.72. The van der Waals surface area contributed by atoms with Gasteiger partial charge >= 0.3 is 0 Å². The van der Waals surface area contributed by atoms with E-state index in [1.165, 1.54) is 16.0 Å². The number of aromatic nitrogens is 3. The SMILES string of the molecule is Cc1nn(CC(=O)Nc2nc(-c3cccs3)c(-c3cccs3)s2)c(=O)c2ccccc12. The van der Waals surface area contributed by atoms with Crippen LogP contribution in [-0.4, -0.2) is 20.7 Å². The standard InChI is InChI=1S/C22H16N4O2S3/c1-13-14-6-2-3-7-15(14)21(28)26(25-13)12-18(27)23-22-24-19(16-8-4-10-29-16)20(31-22)17-9-5-11-30-17/h2-11H,12H2,1H3,(H,23,24,27). The van der Waals surface area contributed by atoms with Crippen LogP contribution in [0.1, 0.15) is 5.69 Å². The van der Waals surface area contributed by atoms with Gasteiger partial charge in [0.25, 0.3) is 5.56 Å². The second-order valence-electron chi connectivity index (χ2n) is 6.79. The average molecular weight is 465 g/mol. The zero-order valence-electron chi connectivity index (χ0n) is 16.4. The Bertz CT molecular complexity index is 1380. The minimum absolute atomic E-state index is 0.174. The molecule has 0 aliphatic rings. The van der Waals surface area contributed by atoms with E-state index in [9.17, 15) is 9.59 Å². The van der Waals surface area contributed by atoms with Crippen molar-refractivity contribution in [1.29, 1.82) is 0 Å². The Balaban J connectivity index is 1.44. The van der Waals surface area contributed by atoms with Gasteiger partial charge in [0, 0.05) is 10.3 Å². The zero-order valence-corrected chi connectivity index (χ0v) is 18.8. The Morgan fingerprint density at radius 1 is 1.00 bits per heavy atom. The fourth-order valence-electron chi connectivity index (χ4n) is 3.34. The van der Waals surface area contributed by atoms with E-state index in [4.69, 9.17) is 0 Å². The van der Waals surface area contributed by atoms with E-state index < -0.39 is 0 Å². The van der Waals surface area contributed by atoms with Crippen molar-refractivity contribution < 1.29 is 4.79 Å². The van der Waals surface area contributed by atoms with Crippen molar-refractivity contribution in [1.82, 2.24) is 14.8 Å². The highest BCUT2D eigenvalue weighted by Crippen LogP contribution is 2.42. The number of hydrogen-bond donors (Lipinski definition) is 1. The second kappa shape index (κ2) is 8.18. The van der Waals surface area contributed by atoms with E-state index >= 15 is 0 Å². The first kappa shape index (κ1) is 19.8. The number of thiazole rings is 1. The molecule has 0 aliphatic heterocycles. The van der Waals surface area contributed by atoms with Crippen molar-refractivity contribution in [2.45, 2.75) is 13.5 Å². The van der Waals surface area contributed by atoms with E-state index in [1.54, 1.807) is 34.8 Å². The molecule has 4 aromatic heterocycles. The van der Waals surface area contributed by atoms with Gasteiger partial charge in [-0.2, -0.15) is 5.10 Å². The van der Waals surface area contributed by atoms with Gasteiger partial charge in [0.15, 0.2) is 5.13 Å². The Morgan fingerprint density at radius 3 is 2.42 bits per heavy atom. The highest BCUT2D eigenvalue weighted by Gasteiger charge is 2.18. The van der Waals surface area contributed by atoms with Crippen molar-refractivity contribution in [3.05, 3.63) is 75.3 Å². The molecule has 31 heavy (non-hydrogen) atoms. The first-order valence-electron chi connectivity index (χ1n) is 9.45. The van der Waals surface area contributed by atoms with Gasteiger partial charge in [-0.15, -0.1) is 22.7 Å². The van der Waals surface area contributed by atoms with Crippen LogP contribution in [0.5, 0.6) is 0 Å². The monoisotopic (exact) mass is 464 g/mol. The van der Waals surface area contributed by atoms with Gasteiger partial charge in [0.1, 0.15) is 12.2 Å². The molecule has 0 aliphatic carbocycles. The minimum atomic E-state index is -0.339. The van der Waals surface area contributed by atoms with Gasteiger partial charge in [-0.05, 0) is 35.9 Å². The predicted octanol–water partition coefficient (Wildman–Crippen LogP) is 5.26. The molecular weight excluding hydrogens is 448 g/mol. The number of fused-ring (bicyclic) bond motifs is 1. The summed E-state index contributed by atoms with van der Waals surface area (Å²) in [6.07, 6.45) is 0. The highest BCUT2D eigenvalue weighted by molar-refractivity contribution is 7.24. The molecule has 6 nitrogen and oxygen atoms in total. The van der Waals surface area contributed by atoms with Gasteiger partial charge in [0.2, 0.25) is 5.91 Å². The molecule has 1 amide bonds. The van der Waals surface area contributed by atoms with Crippen LogP contribution < -0.4 is 10.9 Å². The number of hydrogen-bond acceptors (Lipinski definition) is 7. The predicted molar refractivity (Wildman–Crippen MR) is 128 cm³/mol. The molecule has 0 unspecified atom stereocenters. The quantitative estimate of drug-likeness (QED) is 0.385. The van der Waals surface area contributed by atoms with Crippen molar-refractivity contribution >= 4 is 55.8 Å². The molecular formula is C22H16N4O2S3. The number of rotatable bonds is 5. The van der Waals surface area contributed by atoms with Crippen molar-refractivity contribution in [2.24, 2.45) is 0 Å². The Morgan fingerprint density at radius 2 is 1.71 bits per heavy atom. The van der Waals surface area contributed by atoms with Gasteiger partial charge in [-0.3, -0.25) is 9.59 Å². The van der Waals surface area contributed by atoms with Crippen LogP contribution in [0.25, 0.3) is 31.1 Å². The van der Waals surface area contributed by atoms with Crippen molar-refractivity contribution in [3.8, 4) is 20.3 Å². The molecule has 0 fully saturated rings. The lowest BCUT2D eigenvalue weighted by Crippen LogP contribution is -2.30. The van der Waals surface area contributed by atoms with Gasteiger partial charge < -0.3 is 5.32 Å². The molecule has 0 atom stereocenters. The van der Waals surface area contributed by atoms with Crippen LogP contribution >= 0.6 is 34.0 Å². The number of thiophene rings is 2. The number of amides is 1. The highest BCUT2D eigenvalue weighted by atomic mass is 32.1. The van der Waals surface area contributed by atoms with Crippen LogP contribution in [0.15, 0.2) is 64.1 Å². The Labute approximate surface area is 189 Å². The maximum Gasteiger partial charge on any atom is 0.275 e. The number of carbonyl (C=O) groups excluding carboxylic acids is 1. The van der Waals surface area contributed by atoms with Crippen LogP contribution in [0.3, 0.4) is 0 Å². The van der Waals surface area contributed by atoms with Crippen LogP contribution in [0.4, 0.5) is 5.13 Å². The minimum Gasteiger partial charge on any atom is -0.300 e. The zero-order chi connectivity index (χ0) is 21.4. The lowest BCUT2D eigenvalue weighted by atomic mass is 10.1. The number of carbonyl (C=O) groups is 1. The van der Waals surface area contributed by atoms with Crippen LogP contribution in [0, 0.1) is 6.92 Å². The summed E-state index contributed by atoms with van der Waals surface area (Å²) in [6, 6.07) is 15.3. The summed E-state index contributed by atoms with van der Waals surface area (Å²) < 4.78 is 1.21. The number of anilines is 1. The molecule has 1 N–H and O–H groups in total. The normalized spacial score (nSPS) is 11.1. The summed E-state index contributed by atoms with van der Waals surface area (Å²) in [7, 11) is 0. The molecule has 5 aromatic rings. The molecule has 1 aromatic carbocycles. The van der Waals surface area contributed by atoms with Gasteiger partial charge in [-0.1, -0.05) is 41.7 Å². The first-order valence-corrected chi connectivity index (χ1v) is 12.0. The number of nitrogens with zero attached hydrogens (tertiary/aromatic N) is 3. The summed E-state index contributed by atoms with van der Waals surface area (Å²) in [5, 5.41) is 13.0. The Kier molecular flexibility index (Phi) is 5.23. The molecule has 154 valence electrons. The summed E-state index contributed by atoms with van der Waals surface area (Å²) in [6.45, 7) is 1.66. The second-order valence-corrected chi connectivity index (χ2v) is 9.69. The van der Waals surface area contributed by atoms with E-state index in [-0.39, 0.29) is 18.0 Å². The fraction of sp³-hybridized carbons (Fsp3) is 0.0909. The van der Waals surface area contributed by atoms with E-state index in [2.05, 4.69) is 15.4 Å². The first-order chi connectivity index (χ1) is 15.1. The molecule has 0 radical (unpaired) electrons. The molecule has 5 rings (SSSR count).